The molecule has 0 amide bonds. The number of aryl methyl sites for hydroxylation is 1. The molecule has 132 valence electrons. The van der Waals surface area contributed by atoms with Crippen LogP contribution in [-0.2, 0) is 27.1 Å². The van der Waals surface area contributed by atoms with E-state index in [2.05, 4.69) is 5.10 Å². The monoisotopic (exact) mass is 364 g/mol. The fraction of sp³-hybridized carbons (Fsp3) is 0.769. The Labute approximate surface area is 138 Å². The molecule has 0 aromatic carbocycles. The number of sulfonamides is 2. The first-order chi connectivity index (χ1) is 10.6. The average Bonchev–Trinajstić information content (AvgIpc) is 2.72. The molecular formula is C13H24N4O4S2. The maximum atomic E-state index is 12.6. The molecule has 0 aliphatic carbocycles. The molecule has 0 saturated carbocycles. The topological polar surface area (TPSA) is 92.6 Å². The Hall–Kier alpha value is -0.970. The van der Waals surface area contributed by atoms with Gasteiger partial charge in [-0.15, -0.1) is 0 Å². The van der Waals surface area contributed by atoms with Gasteiger partial charge in [0.2, 0.25) is 20.0 Å². The van der Waals surface area contributed by atoms with Crippen LogP contribution in [0.4, 0.5) is 0 Å². The molecule has 1 saturated heterocycles. The van der Waals surface area contributed by atoms with Gasteiger partial charge in [0.05, 0.1) is 11.9 Å². The summed E-state index contributed by atoms with van der Waals surface area (Å²) in [5.74, 6) is 0.126. The second-order valence-corrected chi connectivity index (χ2v) is 10.1. The number of aromatic nitrogens is 2. The third-order valence-electron chi connectivity index (χ3n) is 3.67. The third-order valence-corrected chi connectivity index (χ3v) is 7.76. The van der Waals surface area contributed by atoms with Gasteiger partial charge in [0.15, 0.2) is 0 Å². The highest BCUT2D eigenvalue weighted by Crippen LogP contribution is 2.18. The van der Waals surface area contributed by atoms with Crippen molar-refractivity contribution >= 4 is 20.0 Å². The number of rotatable bonds is 5. The van der Waals surface area contributed by atoms with Crippen molar-refractivity contribution in [2.24, 2.45) is 13.0 Å². The maximum absolute atomic E-state index is 12.6. The first kappa shape index (κ1) is 18.4. The summed E-state index contributed by atoms with van der Waals surface area (Å²) >= 11 is 0. The van der Waals surface area contributed by atoms with Gasteiger partial charge in [-0.2, -0.15) is 9.40 Å². The van der Waals surface area contributed by atoms with Crippen molar-refractivity contribution in [3.8, 4) is 0 Å². The van der Waals surface area contributed by atoms with Gasteiger partial charge in [0.1, 0.15) is 4.90 Å². The standard InChI is InChI=1S/C13H24N4O4S2/c1-12(2)11-22(18,19)16-5-4-6-17(8-7-16)23(20,21)13-9-14-15(3)10-13/h9-10,12H,4-8,11H2,1-3H3. The van der Waals surface area contributed by atoms with Crippen LogP contribution in [0.1, 0.15) is 20.3 Å². The number of nitrogens with zero attached hydrogens (tertiary/aromatic N) is 4. The minimum Gasteiger partial charge on any atom is -0.274 e. The normalized spacial score (nSPS) is 19.1. The van der Waals surface area contributed by atoms with Crippen LogP contribution < -0.4 is 0 Å². The second kappa shape index (κ2) is 6.88. The molecule has 0 spiro atoms. The second-order valence-electron chi connectivity index (χ2n) is 6.18. The Bertz CT molecular complexity index is 740. The fourth-order valence-corrected chi connectivity index (χ4v) is 5.87. The van der Waals surface area contributed by atoms with Crippen LogP contribution in [0.25, 0.3) is 0 Å². The summed E-state index contributed by atoms with van der Waals surface area (Å²) in [6, 6.07) is 0. The fourth-order valence-electron chi connectivity index (χ4n) is 2.60. The molecule has 0 bridgehead atoms. The van der Waals surface area contributed by atoms with Gasteiger partial charge >= 0.3 is 0 Å². The molecule has 1 fully saturated rings. The Morgan fingerprint density at radius 2 is 1.70 bits per heavy atom. The zero-order valence-corrected chi connectivity index (χ0v) is 15.3. The van der Waals surface area contributed by atoms with Crippen LogP contribution in [0.5, 0.6) is 0 Å². The molecule has 1 aromatic heterocycles. The molecule has 1 aromatic rings. The van der Waals surface area contributed by atoms with Crippen LogP contribution in [0.15, 0.2) is 17.3 Å². The SMILES string of the molecule is CC(C)CS(=O)(=O)N1CCCN(S(=O)(=O)c2cnn(C)c2)CC1. The van der Waals surface area contributed by atoms with Gasteiger partial charge in [-0.3, -0.25) is 4.68 Å². The summed E-state index contributed by atoms with van der Waals surface area (Å²) in [4.78, 5) is 0.137. The summed E-state index contributed by atoms with van der Waals surface area (Å²) < 4.78 is 54.0. The quantitative estimate of drug-likeness (QED) is 0.739. The third kappa shape index (κ3) is 4.31. The van der Waals surface area contributed by atoms with Crippen molar-refractivity contribution in [1.82, 2.24) is 18.4 Å². The van der Waals surface area contributed by atoms with Gasteiger partial charge in [-0.05, 0) is 12.3 Å². The minimum atomic E-state index is -3.63. The highest BCUT2D eigenvalue weighted by atomic mass is 32.2. The van der Waals surface area contributed by atoms with E-state index in [4.69, 9.17) is 0 Å². The predicted octanol–water partition coefficient (Wildman–Crippen LogP) is 0.102. The Morgan fingerprint density at radius 1 is 1.09 bits per heavy atom. The molecule has 2 heterocycles. The van der Waals surface area contributed by atoms with E-state index in [0.717, 1.165) is 0 Å². The largest absolute Gasteiger partial charge is 0.274 e. The van der Waals surface area contributed by atoms with E-state index < -0.39 is 20.0 Å². The smallest absolute Gasteiger partial charge is 0.246 e. The van der Waals surface area contributed by atoms with Gasteiger partial charge in [0, 0.05) is 39.4 Å². The van der Waals surface area contributed by atoms with Crippen molar-refractivity contribution in [1.29, 1.82) is 0 Å². The lowest BCUT2D eigenvalue weighted by molar-refractivity contribution is 0.402. The summed E-state index contributed by atoms with van der Waals surface area (Å²) in [5.41, 5.74) is 0. The van der Waals surface area contributed by atoms with E-state index in [9.17, 15) is 16.8 Å². The molecule has 23 heavy (non-hydrogen) atoms. The van der Waals surface area contributed by atoms with Crippen LogP contribution in [-0.4, -0.2) is 67.2 Å². The molecule has 0 radical (unpaired) electrons. The Balaban J connectivity index is 2.12. The molecular weight excluding hydrogens is 340 g/mol. The van der Waals surface area contributed by atoms with E-state index in [1.807, 2.05) is 13.8 Å². The Kier molecular flexibility index (Phi) is 5.49. The average molecular weight is 364 g/mol. The molecule has 0 atom stereocenters. The lowest BCUT2D eigenvalue weighted by Gasteiger charge is -2.22. The van der Waals surface area contributed by atoms with Crippen molar-refractivity contribution in [2.75, 3.05) is 31.9 Å². The van der Waals surface area contributed by atoms with E-state index in [1.54, 1.807) is 7.05 Å². The Morgan fingerprint density at radius 3 is 2.26 bits per heavy atom. The lowest BCUT2D eigenvalue weighted by atomic mass is 10.3. The summed E-state index contributed by atoms with van der Waals surface area (Å²) in [5, 5.41) is 3.89. The maximum Gasteiger partial charge on any atom is 0.246 e. The zero-order chi connectivity index (χ0) is 17.3. The molecule has 10 heteroatoms. The van der Waals surface area contributed by atoms with E-state index in [-0.39, 0.29) is 29.7 Å². The first-order valence-electron chi connectivity index (χ1n) is 7.59. The van der Waals surface area contributed by atoms with Crippen LogP contribution in [0.2, 0.25) is 0 Å². The lowest BCUT2D eigenvalue weighted by Crippen LogP contribution is -2.38. The highest BCUT2D eigenvalue weighted by molar-refractivity contribution is 7.89. The summed E-state index contributed by atoms with van der Waals surface area (Å²) in [7, 11) is -5.31. The highest BCUT2D eigenvalue weighted by Gasteiger charge is 2.31. The molecule has 1 aliphatic heterocycles. The van der Waals surface area contributed by atoms with E-state index in [0.29, 0.717) is 19.5 Å². The summed E-state index contributed by atoms with van der Waals surface area (Å²) in [6.07, 6.45) is 3.25. The van der Waals surface area contributed by atoms with Gasteiger partial charge in [-0.25, -0.2) is 21.1 Å². The number of hydrogen-bond acceptors (Lipinski definition) is 5. The van der Waals surface area contributed by atoms with Crippen molar-refractivity contribution in [3.63, 3.8) is 0 Å². The first-order valence-corrected chi connectivity index (χ1v) is 10.6. The van der Waals surface area contributed by atoms with Crippen molar-refractivity contribution < 1.29 is 16.8 Å². The van der Waals surface area contributed by atoms with Gasteiger partial charge < -0.3 is 0 Å². The zero-order valence-electron chi connectivity index (χ0n) is 13.7. The van der Waals surface area contributed by atoms with Crippen molar-refractivity contribution in [2.45, 2.75) is 25.2 Å². The molecule has 8 nitrogen and oxygen atoms in total. The minimum absolute atomic E-state index is 0.0403. The molecule has 2 rings (SSSR count). The van der Waals surface area contributed by atoms with Crippen LogP contribution in [0, 0.1) is 5.92 Å². The molecule has 0 unspecified atom stereocenters. The predicted molar refractivity (Wildman–Crippen MR) is 86.8 cm³/mol. The van der Waals surface area contributed by atoms with E-state index >= 15 is 0 Å². The molecule has 0 N–H and O–H groups in total. The summed E-state index contributed by atoms with van der Waals surface area (Å²) in [6.45, 7) is 4.73. The van der Waals surface area contributed by atoms with Gasteiger partial charge in [-0.1, -0.05) is 13.8 Å². The van der Waals surface area contributed by atoms with Crippen molar-refractivity contribution in [3.05, 3.63) is 12.4 Å². The number of hydrogen-bond donors (Lipinski definition) is 0. The molecule has 1 aliphatic rings. The van der Waals surface area contributed by atoms with Gasteiger partial charge in [0.25, 0.3) is 0 Å². The van der Waals surface area contributed by atoms with Crippen LogP contribution in [0.3, 0.4) is 0 Å². The van der Waals surface area contributed by atoms with E-state index in [1.165, 1.54) is 25.7 Å². The van der Waals surface area contributed by atoms with Crippen LogP contribution >= 0.6 is 0 Å².